The zero-order chi connectivity index (χ0) is 14.0. The maximum Gasteiger partial charge on any atom is 0.250 e. The van der Waals surface area contributed by atoms with Crippen LogP contribution in [0.4, 0.5) is 11.4 Å². The molecule has 1 aliphatic rings. The van der Waals surface area contributed by atoms with Crippen LogP contribution in [0.25, 0.3) is 0 Å². The van der Waals surface area contributed by atoms with Gasteiger partial charge in [-0.05, 0) is 37.0 Å². The molecule has 0 bridgehead atoms. The van der Waals surface area contributed by atoms with E-state index in [1.54, 1.807) is 12.1 Å². The quantitative estimate of drug-likeness (QED) is 0.820. The first-order valence-electron chi connectivity index (χ1n) is 6.93. The summed E-state index contributed by atoms with van der Waals surface area (Å²) in [5.41, 5.74) is 13.0. The van der Waals surface area contributed by atoms with Crippen molar-refractivity contribution in [1.29, 1.82) is 0 Å². The van der Waals surface area contributed by atoms with E-state index >= 15 is 0 Å². The van der Waals surface area contributed by atoms with Crippen LogP contribution in [0.5, 0.6) is 0 Å². The molecule has 1 aliphatic carbocycles. The molecule has 0 radical (unpaired) electrons. The number of anilines is 2. The molecule has 0 aromatic heterocycles. The highest BCUT2D eigenvalue weighted by atomic mass is 16.1. The monoisotopic (exact) mass is 261 g/mol. The SMILES string of the molecule is CC1CCCCC1N(C)c1ccc(N)c(C(N)=O)c1. The first-order valence-corrected chi connectivity index (χ1v) is 6.93. The lowest BCUT2D eigenvalue weighted by Crippen LogP contribution is -2.39. The van der Waals surface area contributed by atoms with E-state index in [4.69, 9.17) is 11.5 Å². The second kappa shape index (κ2) is 5.51. The zero-order valence-electron chi connectivity index (χ0n) is 11.7. The minimum absolute atomic E-state index is 0.410. The Morgan fingerprint density at radius 2 is 2.00 bits per heavy atom. The second-order valence-corrected chi connectivity index (χ2v) is 5.58. The van der Waals surface area contributed by atoms with Gasteiger partial charge in [-0.2, -0.15) is 0 Å². The van der Waals surface area contributed by atoms with Gasteiger partial charge < -0.3 is 16.4 Å². The lowest BCUT2D eigenvalue weighted by Gasteiger charge is -2.37. The van der Waals surface area contributed by atoms with Gasteiger partial charge in [0.2, 0.25) is 0 Å². The molecule has 0 heterocycles. The van der Waals surface area contributed by atoms with Gasteiger partial charge in [0, 0.05) is 24.5 Å². The summed E-state index contributed by atoms with van der Waals surface area (Å²) in [7, 11) is 2.09. The number of carbonyl (C=O) groups excluding carboxylic acids is 1. The average molecular weight is 261 g/mol. The molecule has 2 atom stereocenters. The van der Waals surface area contributed by atoms with E-state index in [0.29, 0.717) is 23.2 Å². The van der Waals surface area contributed by atoms with E-state index in [1.807, 2.05) is 6.07 Å². The van der Waals surface area contributed by atoms with Crippen LogP contribution in [-0.2, 0) is 0 Å². The van der Waals surface area contributed by atoms with E-state index in [9.17, 15) is 4.79 Å². The molecule has 0 spiro atoms. The number of nitrogens with zero attached hydrogens (tertiary/aromatic N) is 1. The van der Waals surface area contributed by atoms with Gasteiger partial charge in [0.1, 0.15) is 0 Å². The zero-order valence-corrected chi connectivity index (χ0v) is 11.7. The summed E-state index contributed by atoms with van der Waals surface area (Å²) < 4.78 is 0. The van der Waals surface area contributed by atoms with Gasteiger partial charge in [0.15, 0.2) is 0 Å². The standard InChI is InChI=1S/C15H23N3O/c1-10-5-3-4-6-14(10)18(2)11-7-8-13(16)12(9-11)15(17)19/h7-10,14H,3-6,16H2,1-2H3,(H2,17,19). The van der Waals surface area contributed by atoms with Crippen molar-refractivity contribution in [2.24, 2.45) is 11.7 Å². The van der Waals surface area contributed by atoms with E-state index in [1.165, 1.54) is 25.7 Å². The van der Waals surface area contributed by atoms with Crippen LogP contribution < -0.4 is 16.4 Å². The maximum absolute atomic E-state index is 11.4. The molecule has 4 heteroatoms. The van der Waals surface area contributed by atoms with E-state index in [0.717, 1.165) is 5.69 Å². The average Bonchev–Trinajstić information content (AvgIpc) is 2.38. The van der Waals surface area contributed by atoms with Crippen LogP contribution in [0, 0.1) is 5.92 Å². The van der Waals surface area contributed by atoms with Gasteiger partial charge in [-0.1, -0.05) is 19.8 Å². The number of nitrogen functional groups attached to an aromatic ring is 1. The van der Waals surface area contributed by atoms with Crippen molar-refractivity contribution in [2.75, 3.05) is 17.7 Å². The summed E-state index contributed by atoms with van der Waals surface area (Å²) in [5, 5.41) is 0. The fourth-order valence-corrected chi connectivity index (χ4v) is 3.04. The van der Waals surface area contributed by atoms with Crippen LogP contribution in [0.1, 0.15) is 43.0 Å². The molecule has 1 aromatic rings. The molecule has 1 fully saturated rings. The molecule has 0 saturated heterocycles. The highest BCUT2D eigenvalue weighted by Gasteiger charge is 2.25. The topological polar surface area (TPSA) is 72.3 Å². The van der Waals surface area contributed by atoms with Crippen molar-refractivity contribution in [3.8, 4) is 0 Å². The van der Waals surface area contributed by atoms with Crippen LogP contribution >= 0.6 is 0 Å². The Kier molecular flexibility index (Phi) is 3.98. The third kappa shape index (κ3) is 2.83. The highest BCUT2D eigenvalue weighted by Crippen LogP contribution is 2.31. The fraction of sp³-hybridized carbons (Fsp3) is 0.533. The largest absolute Gasteiger partial charge is 0.398 e. The van der Waals surface area contributed by atoms with Crippen LogP contribution in [0.3, 0.4) is 0 Å². The number of benzene rings is 1. The predicted molar refractivity (Wildman–Crippen MR) is 79.2 cm³/mol. The lowest BCUT2D eigenvalue weighted by atomic mass is 9.85. The number of hydrogen-bond acceptors (Lipinski definition) is 3. The second-order valence-electron chi connectivity index (χ2n) is 5.58. The summed E-state index contributed by atoms with van der Waals surface area (Å²) in [6, 6.07) is 6.06. The third-order valence-corrected chi connectivity index (χ3v) is 4.27. The Balaban J connectivity index is 2.25. The number of rotatable bonds is 3. The molecule has 1 amide bonds. The molecule has 104 valence electrons. The van der Waals surface area contributed by atoms with Gasteiger partial charge in [-0.25, -0.2) is 0 Å². The summed E-state index contributed by atoms with van der Waals surface area (Å²) >= 11 is 0. The van der Waals surface area contributed by atoms with Crippen molar-refractivity contribution >= 4 is 17.3 Å². The minimum atomic E-state index is -0.468. The number of hydrogen-bond donors (Lipinski definition) is 2. The Morgan fingerprint density at radius 3 is 2.63 bits per heavy atom. The fourth-order valence-electron chi connectivity index (χ4n) is 3.04. The molecule has 0 aliphatic heterocycles. The molecule has 4 N–H and O–H groups in total. The predicted octanol–water partition coefficient (Wildman–Crippen LogP) is 2.38. The maximum atomic E-state index is 11.4. The van der Waals surface area contributed by atoms with Crippen molar-refractivity contribution < 1.29 is 4.79 Å². The Bertz CT molecular complexity index is 472. The molecule has 1 aromatic carbocycles. The van der Waals surface area contributed by atoms with Crippen LogP contribution in [-0.4, -0.2) is 19.0 Å². The molecule has 2 rings (SSSR count). The van der Waals surface area contributed by atoms with Crippen LogP contribution in [0.2, 0.25) is 0 Å². The molecular formula is C15H23N3O. The van der Waals surface area contributed by atoms with Crippen LogP contribution in [0.15, 0.2) is 18.2 Å². The Labute approximate surface area is 114 Å². The molecule has 4 nitrogen and oxygen atoms in total. The summed E-state index contributed by atoms with van der Waals surface area (Å²) in [5.74, 6) is 0.206. The smallest absolute Gasteiger partial charge is 0.250 e. The summed E-state index contributed by atoms with van der Waals surface area (Å²) in [6.45, 7) is 2.30. The molecule has 1 saturated carbocycles. The van der Waals surface area contributed by atoms with Crippen molar-refractivity contribution in [2.45, 2.75) is 38.6 Å². The minimum Gasteiger partial charge on any atom is -0.398 e. The van der Waals surface area contributed by atoms with Crippen molar-refractivity contribution in [3.63, 3.8) is 0 Å². The normalized spacial score (nSPS) is 23.1. The van der Waals surface area contributed by atoms with Gasteiger partial charge >= 0.3 is 0 Å². The van der Waals surface area contributed by atoms with E-state index in [-0.39, 0.29) is 0 Å². The number of amides is 1. The number of carbonyl (C=O) groups is 1. The molecular weight excluding hydrogens is 238 g/mol. The van der Waals surface area contributed by atoms with Gasteiger partial charge in [0.05, 0.1) is 5.56 Å². The number of primary amides is 1. The summed E-state index contributed by atoms with van der Waals surface area (Å²) in [4.78, 5) is 13.6. The third-order valence-electron chi connectivity index (χ3n) is 4.27. The van der Waals surface area contributed by atoms with Crippen molar-refractivity contribution in [1.82, 2.24) is 0 Å². The van der Waals surface area contributed by atoms with Crippen molar-refractivity contribution in [3.05, 3.63) is 23.8 Å². The van der Waals surface area contributed by atoms with Gasteiger partial charge in [-0.3, -0.25) is 4.79 Å². The Morgan fingerprint density at radius 1 is 1.32 bits per heavy atom. The first kappa shape index (κ1) is 13.7. The van der Waals surface area contributed by atoms with E-state index < -0.39 is 5.91 Å². The Hall–Kier alpha value is -1.71. The number of nitrogens with two attached hydrogens (primary N) is 2. The molecule has 2 unspecified atom stereocenters. The van der Waals surface area contributed by atoms with E-state index in [2.05, 4.69) is 18.9 Å². The summed E-state index contributed by atoms with van der Waals surface area (Å²) in [6.07, 6.45) is 5.07. The van der Waals surface area contributed by atoms with Gasteiger partial charge in [0.25, 0.3) is 5.91 Å². The first-order chi connectivity index (χ1) is 9.00. The van der Waals surface area contributed by atoms with Gasteiger partial charge in [-0.15, -0.1) is 0 Å². The molecule has 19 heavy (non-hydrogen) atoms. The highest BCUT2D eigenvalue weighted by molar-refractivity contribution is 5.99. The lowest BCUT2D eigenvalue weighted by molar-refractivity contribution is 0.100.